The Morgan fingerprint density at radius 1 is 1.12 bits per heavy atom. The number of carbonyl (C=O) groups excluding carboxylic acids is 1. The third kappa shape index (κ3) is 3.53. The van der Waals surface area contributed by atoms with Gasteiger partial charge in [0.15, 0.2) is 5.79 Å². The predicted molar refractivity (Wildman–Crippen MR) is 99.7 cm³/mol. The van der Waals surface area contributed by atoms with Crippen molar-refractivity contribution in [2.75, 3.05) is 36.5 Å². The summed E-state index contributed by atoms with van der Waals surface area (Å²) in [6, 6.07) is 10.8. The molecule has 6 nitrogen and oxygen atoms in total. The quantitative estimate of drug-likeness (QED) is 0.894. The Morgan fingerprint density at radius 3 is 2.50 bits per heavy atom. The van der Waals surface area contributed by atoms with E-state index in [0.717, 1.165) is 31.6 Å². The molecular weight excluding hydrogens is 354 g/mol. The zero-order chi connectivity index (χ0) is 18.0. The molecule has 26 heavy (non-hydrogen) atoms. The zero-order valence-electron chi connectivity index (χ0n) is 14.3. The normalized spacial score (nSPS) is 18.9. The van der Waals surface area contributed by atoms with Crippen molar-refractivity contribution in [3.05, 3.63) is 53.3 Å². The third-order valence-corrected chi connectivity index (χ3v) is 5.14. The van der Waals surface area contributed by atoms with Gasteiger partial charge in [0.05, 0.1) is 35.8 Å². The number of ether oxygens (including phenoxy) is 2. The molecule has 2 aliphatic heterocycles. The van der Waals surface area contributed by atoms with E-state index in [0.29, 0.717) is 29.6 Å². The molecule has 7 heteroatoms. The number of anilines is 2. The van der Waals surface area contributed by atoms with Gasteiger partial charge in [-0.25, -0.2) is 4.98 Å². The molecule has 3 heterocycles. The van der Waals surface area contributed by atoms with Crippen LogP contribution in [-0.2, 0) is 9.47 Å². The van der Waals surface area contributed by atoms with E-state index in [1.54, 1.807) is 24.4 Å². The minimum atomic E-state index is -0.390. The summed E-state index contributed by atoms with van der Waals surface area (Å²) < 4.78 is 11.5. The van der Waals surface area contributed by atoms with Crippen molar-refractivity contribution in [3.63, 3.8) is 0 Å². The highest BCUT2D eigenvalue weighted by atomic mass is 35.5. The van der Waals surface area contributed by atoms with Crippen LogP contribution < -0.4 is 10.2 Å². The van der Waals surface area contributed by atoms with E-state index in [9.17, 15) is 4.79 Å². The summed E-state index contributed by atoms with van der Waals surface area (Å²) in [7, 11) is 0. The van der Waals surface area contributed by atoms with E-state index in [1.807, 2.05) is 18.2 Å². The lowest BCUT2D eigenvalue weighted by Gasteiger charge is -2.38. The molecule has 0 unspecified atom stereocenters. The molecule has 1 aromatic carbocycles. The van der Waals surface area contributed by atoms with Gasteiger partial charge in [-0.3, -0.25) is 4.79 Å². The number of aromatic nitrogens is 1. The first-order chi connectivity index (χ1) is 12.7. The number of nitrogens with one attached hydrogen (secondary N) is 1. The fraction of sp³-hybridized carbons (Fsp3) is 0.368. The highest BCUT2D eigenvalue weighted by Crippen LogP contribution is 2.33. The van der Waals surface area contributed by atoms with E-state index in [-0.39, 0.29) is 5.91 Å². The van der Waals surface area contributed by atoms with Crippen molar-refractivity contribution in [1.29, 1.82) is 0 Å². The highest BCUT2D eigenvalue weighted by molar-refractivity contribution is 6.33. The number of carbonyl (C=O) groups is 1. The molecule has 0 radical (unpaired) electrons. The van der Waals surface area contributed by atoms with Gasteiger partial charge in [0, 0.05) is 25.9 Å². The van der Waals surface area contributed by atoms with Crippen molar-refractivity contribution in [2.24, 2.45) is 0 Å². The molecule has 1 spiro atoms. The van der Waals surface area contributed by atoms with E-state index < -0.39 is 5.79 Å². The van der Waals surface area contributed by atoms with Gasteiger partial charge >= 0.3 is 0 Å². The lowest BCUT2D eigenvalue weighted by Crippen LogP contribution is -2.45. The number of halogens is 1. The van der Waals surface area contributed by atoms with Crippen molar-refractivity contribution in [2.45, 2.75) is 18.6 Å². The van der Waals surface area contributed by atoms with Crippen molar-refractivity contribution in [3.8, 4) is 0 Å². The van der Waals surface area contributed by atoms with Crippen LogP contribution in [0.5, 0.6) is 0 Å². The Bertz CT molecular complexity index is 781. The molecule has 0 aliphatic carbocycles. The van der Waals surface area contributed by atoms with Crippen LogP contribution in [0.4, 0.5) is 11.4 Å². The molecular formula is C19H20ClN3O3. The highest BCUT2D eigenvalue weighted by Gasteiger charge is 2.39. The molecule has 1 N–H and O–H groups in total. The number of rotatable bonds is 3. The lowest BCUT2D eigenvalue weighted by atomic mass is 10.0. The maximum atomic E-state index is 12.3. The van der Waals surface area contributed by atoms with Gasteiger partial charge in [-0.15, -0.1) is 0 Å². The average Bonchev–Trinajstić information content (AvgIpc) is 3.12. The molecule has 0 atom stereocenters. The number of nitrogens with zero attached hydrogens (tertiary/aromatic N) is 2. The molecule has 2 aliphatic rings. The Morgan fingerprint density at radius 2 is 1.85 bits per heavy atom. The summed E-state index contributed by atoms with van der Waals surface area (Å²) in [6.45, 7) is 3.04. The number of pyridine rings is 1. The molecule has 1 amide bonds. The minimum absolute atomic E-state index is 0.282. The number of hydrogen-bond acceptors (Lipinski definition) is 5. The third-order valence-electron chi connectivity index (χ3n) is 4.81. The topological polar surface area (TPSA) is 63.7 Å². The fourth-order valence-electron chi connectivity index (χ4n) is 3.35. The van der Waals surface area contributed by atoms with E-state index in [1.165, 1.54) is 0 Å². The van der Waals surface area contributed by atoms with Gasteiger partial charge in [0.25, 0.3) is 5.91 Å². The molecule has 2 saturated heterocycles. The summed E-state index contributed by atoms with van der Waals surface area (Å²) in [6.07, 6.45) is 3.40. The second-order valence-electron chi connectivity index (χ2n) is 6.43. The van der Waals surface area contributed by atoms with Crippen LogP contribution in [0.15, 0.2) is 42.6 Å². The first-order valence-electron chi connectivity index (χ1n) is 8.70. The minimum Gasteiger partial charge on any atom is -0.370 e. The van der Waals surface area contributed by atoms with Crippen LogP contribution in [-0.4, -0.2) is 43.0 Å². The molecule has 2 aromatic rings. The van der Waals surface area contributed by atoms with Gasteiger partial charge in [0.1, 0.15) is 5.69 Å². The Labute approximate surface area is 157 Å². The molecule has 136 valence electrons. The van der Waals surface area contributed by atoms with E-state index in [4.69, 9.17) is 21.1 Å². The smallest absolute Gasteiger partial charge is 0.274 e. The van der Waals surface area contributed by atoms with Gasteiger partial charge in [0.2, 0.25) is 0 Å². The van der Waals surface area contributed by atoms with Gasteiger partial charge in [-0.2, -0.15) is 0 Å². The van der Waals surface area contributed by atoms with Crippen molar-refractivity contribution < 1.29 is 14.3 Å². The van der Waals surface area contributed by atoms with Crippen LogP contribution in [0.3, 0.4) is 0 Å². The Kier molecular flexibility index (Phi) is 4.80. The largest absolute Gasteiger partial charge is 0.370 e. The zero-order valence-corrected chi connectivity index (χ0v) is 15.0. The molecule has 4 rings (SSSR count). The summed E-state index contributed by atoms with van der Waals surface area (Å²) in [4.78, 5) is 18.9. The number of para-hydroxylation sites is 1. The maximum absolute atomic E-state index is 12.3. The van der Waals surface area contributed by atoms with Crippen molar-refractivity contribution >= 4 is 28.9 Å². The monoisotopic (exact) mass is 373 g/mol. The van der Waals surface area contributed by atoms with Gasteiger partial charge in [-0.05, 0) is 24.3 Å². The SMILES string of the molecule is O=C(Nc1ccccc1Cl)c1ccc(N2CCC3(CC2)OCCO3)cn1. The predicted octanol–water partition coefficient (Wildman–Crippen LogP) is 3.33. The number of hydrogen-bond donors (Lipinski definition) is 1. The van der Waals surface area contributed by atoms with Gasteiger partial charge in [-0.1, -0.05) is 23.7 Å². The summed E-state index contributed by atoms with van der Waals surface area (Å²) in [5, 5.41) is 3.27. The van der Waals surface area contributed by atoms with Crippen LogP contribution in [0.25, 0.3) is 0 Å². The summed E-state index contributed by atoms with van der Waals surface area (Å²) in [5.41, 5.74) is 1.92. The average molecular weight is 374 g/mol. The number of piperidine rings is 1. The second-order valence-corrected chi connectivity index (χ2v) is 6.84. The van der Waals surface area contributed by atoms with E-state index >= 15 is 0 Å². The Hall–Kier alpha value is -2.15. The standard InChI is InChI=1S/C19H20ClN3O3/c20-15-3-1-2-4-16(15)22-18(24)17-6-5-14(13-21-17)23-9-7-19(8-10-23)25-11-12-26-19/h1-6,13H,7-12H2,(H,22,24). The van der Waals surface area contributed by atoms with Crippen LogP contribution >= 0.6 is 11.6 Å². The molecule has 0 bridgehead atoms. The molecule has 0 saturated carbocycles. The second kappa shape index (κ2) is 7.23. The maximum Gasteiger partial charge on any atom is 0.274 e. The van der Waals surface area contributed by atoms with Gasteiger partial charge < -0.3 is 19.7 Å². The van der Waals surface area contributed by atoms with E-state index in [2.05, 4.69) is 15.2 Å². The fourth-order valence-corrected chi connectivity index (χ4v) is 3.53. The first kappa shape index (κ1) is 17.3. The number of amides is 1. The number of benzene rings is 1. The Balaban J connectivity index is 1.39. The molecule has 1 aromatic heterocycles. The van der Waals surface area contributed by atoms with Crippen molar-refractivity contribution in [1.82, 2.24) is 4.98 Å². The van der Waals surface area contributed by atoms with Crippen LogP contribution in [0, 0.1) is 0 Å². The first-order valence-corrected chi connectivity index (χ1v) is 9.08. The summed E-state index contributed by atoms with van der Waals surface area (Å²) in [5.74, 6) is -0.673. The van der Waals surface area contributed by atoms with Crippen LogP contribution in [0.1, 0.15) is 23.3 Å². The lowest BCUT2D eigenvalue weighted by molar-refractivity contribution is -0.169. The molecule has 2 fully saturated rings. The van der Waals surface area contributed by atoms with Crippen LogP contribution in [0.2, 0.25) is 5.02 Å². The summed E-state index contributed by atoms with van der Waals surface area (Å²) >= 11 is 6.07.